The van der Waals surface area contributed by atoms with E-state index >= 15 is 0 Å². The third-order valence-corrected chi connectivity index (χ3v) is 4.82. The first kappa shape index (κ1) is 24.2. The van der Waals surface area contributed by atoms with Crippen LogP contribution >= 0.6 is 0 Å². The van der Waals surface area contributed by atoms with E-state index in [9.17, 15) is 14.0 Å². The summed E-state index contributed by atoms with van der Waals surface area (Å²) in [4.78, 5) is 32.7. The van der Waals surface area contributed by atoms with Crippen LogP contribution in [-0.2, 0) is 4.74 Å². The fourth-order valence-electron chi connectivity index (χ4n) is 3.55. The van der Waals surface area contributed by atoms with Crippen LogP contribution in [0.1, 0.15) is 51.9 Å². The molecule has 0 atom stereocenters. The molecule has 0 radical (unpaired) electrons. The number of fused-ring (bicyclic) bond motifs is 1. The molecule has 174 valence electrons. The standard InChI is InChI=1S/C26H30FN3O3/c1-7-30(25(32)33-26(4,5)6)23-21(17-11-9-8-10-12-17)22(24(31)28-16(2)3)19-15-18(27)13-14-20(19)29-23/h8-16H,7H2,1-6H3,(H,28,31). The van der Waals surface area contributed by atoms with Crippen LogP contribution in [-0.4, -0.2) is 35.2 Å². The molecule has 1 N–H and O–H groups in total. The van der Waals surface area contributed by atoms with Crippen molar-refractivity contribution in [2.24, 2.45) is 0 Å². The van der Waals surface area contributed by atoms with Crippen molar-refractivity contribution in [3.05, 3.63) is 59.9 Å². The first-order valence-electron chi connectivity index (χ1n) is 11.0. The third kappa shape index (κ3) is 5.48. The van der Waals surface area contributed by atoms with Gasteiger partial charge in [-0.05, 0) is 65.3 Å². The predicted molar refractivity (Wildman–Crippen MR) is 129 cm³/mol. The molecule has 1 heterocycles. The minimum atomic E-state index is -0.713. The fourth-order valence-corrected chi connectivity index (χ4v) is 3.55. The molecule has 0 aliphatic carbocycles. The van der Waals surface area contributed by atoms with Crippen LogP contribution in [0.2, 0.25) is 0 Å². The molecule has 6 nitrogen and oxygen atoms in total. The predicted octanol–water partition coefficient (Wildman–Crippen LogP) is 5.94. The molecule has 0 aliphatic heterocycles. The van der Waals surface area contributed by atoms with E-state index < -0.39 is 17.5 Å². The SMILES string of the molecule is CCN(C(=O)OC(C)(C)C)c1nc2ccc(F)cc2c(C(=O)NC(C)C)c1-c1ccccc1. The summed E-state index contributed by atoms with van der Waals surface area (Å²) in [5.74, 6) is -0.566. The highest BCUT2D eigenvalue weighted by molar-refractivity contribution is 6.15. The highest BCUT2D eigenvalue weighted by Crippen LogP contribution is 2.38. The summed E-state index contributed by atoms with van der Waals surface area (Å²) >= 11 is 0. The van der Waals surface area contributed by atoms with E-state index in [2.05, 4.69) is 5.32 Å². The van der Waals surface area contributed by atoms with Gasteiger partial charge in [0, 0.05) is 23.5 Å². The monoisotopic (exact) mass is 451 g/mol. The van der Waals surface area contributed by atoms with Gasteiger partial charge >= 0.3 is 6.09 Å². The van der Waals surface area contributed by atoms with Crippen molar-refractivity contribution in [2.45, 2.75) is 53.2 Å². The number of halogens is 1. The zero-order valence-corrected chi connectivity index (χ0v) is 19.9. The number of nitrogens with zero attached hydrogens (tertiary/aromatic N) is 2. The van der Waals surface area contributed by atoms with E-state index in [-0.39, 0.29) is 29.9 Å². The van der Waals surface area contributed by atoms with Gasteiger partial charge in [0.05, 0.1) is 11.1 Å². The van der Waals surface area contributed by atoms with Crippen molar-refractivity contribution in [3.63, 3.8) is 0 Å². The summed E-state index contributed by atoms with van der Waals surface area (Å²) in [6.45, 7) is 11.1. The zero-order chi connectivity index (χ0) is 24.3. The van der Waals surface area contributed by atoms with E-state index in [1.807, 2.05) is 51.1 Å². The summed E-state index contributed by atoms with van der Waals surface area (Å²) in [6.07, 6.45) is -0.577. The van der Waals surface area contributed by atoms with Gasteiger partial charge in [-0.15, -0.1) is 0 Å². The van der Waals surface area contributed by atoms with Gasteiger partial charge in [0.25, 0.3) is 5.91 Å². The minimum Gasteiger partial charge on any atom is -0.443 e. The first-order valence-corrected chi connectivity index (χ1v) is 11.0. The quantitative estimate of drug-likeness (QED) is 0.521. The van der Waals surface area contributed by atoms with Gasteiger partial charge in [-0.2, -0.15) is 0 Å². The number of hydrogen-bond acceptors (Lipinski definition) is 4. The lowest BCUT2D eigenvalue weighted by atomic mass is 9.95. The Labute approximate surface area is 193 Å². The number of pyridine rings is 1. The van der Waals surface area contributed by atoms with Gasteiger partial charge in [0.2, 0.25) is 0 Å². The van der Waals surface area contributed by atoms with Crippen LogP contribution in [0.4, 0.5) is 15.0 Å². The molecule has 0 saturated carbocycles. The summed E-state index contributed by atoms with van der Waals surface area (Å²) in [5.41, 5.74) is 1.08. The average Bonchev–Trinajstić information content (AvgIpc) is 2.72. The number of anilines is 1. The summed E-state index contributed by atoms with van der Waals surface area (Å²) in [7, 11) is 0. The number of hydrogen-bond donors (Lipinski definition) is 1. The van der Waals surface area contributed by atoms with Crippen molar-refractivity contribution in [1.29, 1.82) is 0 Å². The van der Waals surface area contributed by atoms with Crippen LogP contribution in [0.25, 0.3) is 22.0 Å². The number of amides is 2. The number of aromatic nitrogens is 1. The Morgan fingerprint density at radius 3 is 2.36 bits per heavy atom. The molecule has 3 aromatic rings. The van der Waals surface area contributed by atoms with E-state index in [1.54, 1.807) is 20.8 Å². The van der Waals surface area contributed by atoms with Gasteiger partial charge in [0.1, 0.15) is 17.2 Å². The van der Waals surface area contributed by atoms with Gasteiger partial charge < -0.3 is 10.1 Å². The highest BCUT2D eigenvalue weighted by Gasteiger charge is 2.30. The summed E-state index contributed by atoms with van der Waals surface area (Å²) < 4.78 is 19.9. The maximum absolute atomic E-state index is 14.3. The molecule has 3 rings (SSSR count). The maximum atomic E-state index is 14.3. The van der Waals surface area contributed by atoms with Crippen molar-refractivity contribution in [3.8, 4) is 11.1 Å². The molecule has 0 fully saturated rings. The lowest BCUT2D eigenvalue weighted by Crippen LogP contribution is -2.38. The molecule has 1 aromatic heterocycles. The molecular weight excluding hydrogens is 421 g/mol. The minimum absolute atomic E-state index is 0.144. The Kier molecular flexibility index (Phi) is 7.01. The van der Waals surface area contributed by atoms with E-state index in [1.165, 1.54) is 23.1 Å². The van der Waals surface area contributed by atoms with Gasteiger partial charge in [-0.1, -0.05) is 30.3 Å². The van der Waals surface area contributed by atoms with Crippen LogP contribution < -0.4 is 10.2 Å². The average molecular weight is 452 g/mol. The van der Waals surface area contributed by atoms with Crippen LogP contribution in [0.15, 0.2) is 48.5 Å². The van der Waals surface area contributed by atoms with E-state index in [4.69, 9.17) is 9.72 Å². The number of rotatable bonds is 5. The number of ether oxygens (including phenoxy) is 1. The summed E-state index contributed by atoms with van der Waals surface area (Å²) in [6, 6.07) is 13.2. The Hall–Kier alpha value is -3.48. The molecule has 0 aliphatic rings. The van der Waals surface area contributed by atoms with Crippen molar-refractivity contribution in [2.75, 3.05) is 11.4 Å². The summed E-state index contributed by atoms with van der Waals surface area (Å²) in [5, 5.41) is 3.28. The van der Waals surface area contributed by atoms with Gasteiger partial charge in [0.15, 0.2) is 0 Å². The first-order chi connectivity index (χ1) is 15.5. The number of nitrogens with one attached hydrogen (secondary N) is 1. The lowest BCUT2D eigenvalue weighted by molar-refractivity contribution is 0.0581. The Morgan fingerprint density at radius 1 is 1.12 bits per heavy atom. The Balaban J connectivity index is 2.40. The third-order valence-electron chi connectivity index (χ3n) is 4.82. The van der Waals surface area contributed by atoms with E-state index in [0.29, 0.717) is 22.0 Å². The number of carbonyl (C=O) groups is 2. The van der Waals surface area contributed by atoms with Gasteiger partial charge in [-0.25, -0.2) is 14.2 Å². The molecule has 0 saturated heterocycles. The molecule has 0 spiro atoms. The van der Waals surface area contributed by atoms with Crippen LogP contribution in [0, 0.1) is 5.82 Å². The largest absolute Gasteiger partial charge is 0.443 e. The molecular formula is C26H30FN3O3. The zero-order valence-electron chi connectivity index (χ0n) is 19.9. The molecule has 2 aromatic carbocycles. The Bertz CT molecular complexity index is 1170. The topological polar surface area (TPSA) is 71.5 Å². The second kappa shape index (κ2) is 9.57. The Morgan fingerprint density at radius 2 is 1.79 bits per heavy atom. The van der Waals surface area contributed by atoms with Crippen LogP contribution in [0.5, 0.6) is 0 Å². The van der Waals surface area contributed by atoms with Crippen molar-refractivity contribution < 1.29 is 18.7 Å². The second-order valence-corrected chi connectivity index (χ2v) is 9.07. The smallest absolute Gasteiger partial charge is 0.416 e. The molecule has 0 unspecified atom stereocenters. The molecule has 0 bridgehead atoms. The molecule has 7 heteroatoms. The van der Waals surface area contributed by atoms with Crippen molar-refractivity contribution >= 4 is 28.7 Å². The number of benzene rings is 2. The van der Waals surface area contributed by atoms with Gasteiger partial charge in [-0.3, -0.25) is 9.69 Å². The highest BCUT2D eigenvalue weighted by atomic mass is 19.1. The van der Waals surface area contributed by atoms with Crippen molar-refractivity contribution in [1.82, 2.24) is 10.3 Å². The lowest BCUT2D eigenvalue weighted by Gasteiger charge is -2.28. The maximum Gasteiger partial charge on any atom is 0.416 e. The molecule has 33 heavy (non-hydrogen) atoms. The second-order valence-electron chi connectivity index (χ2n) is 9.07. The fraction of sp³-hybridized carbons (Fsp3) is 0.346. The normalized spacial score (nSPS) is 11.5. The van der Waals surface area contributed by atoms with Crippen LogP contribution in [0.3, 0.4) is 0 Å². The molecule has 2 amide bonds. The van der Waals surface area contributed by atoms with E-state index in [0.717, 1.165) is 0 Å². The number of carbonyl (C=O) groups excluding carboxylic acids is 2.